The van der Waals surface area contributed by atoms with E-state index in [-0.39, 0.29) is 11.1 Å². The van der Waals surface area contributed by atoms with Crippen LogP contribution in [0, 0.1) is 24.0 Å². The topological polar surface area (TPSA) is 119 Å². The summed E-state index contributed by atoms with van der Waals surface area (Å²) in [6.45, 7) is 5.78. The molecule has 4 rings (SSSR count). The Morgan fingerprint density at radius 2 is 1.84 bits per heavy atom. The molecule has 1 fully saturated rings. The molecule has 1 aromatic heterocycles. The van der Waals surface area contributed by atoms with Crippen LogP contribution in [-0.4, -0.2) is 47.4 Å². The number of nitrogens with one attached hydrogen (secondary N) is 2. The van der Waals surface area contributed by atoms with Crippen molar-refractivity contribution in [1.82, 2.24) is 15.3 Å². The summed E-state index contributed by atoms with van der Waals surface area (Å²) in [7, 11) is -1.27. The number of nitrogens with zero attached hydrogens (tertiary/aromatic N) is 3. The van der Waals surface area contributed by atoms with Crippen LogP contribution in [0.4, 0.5) is 24.7 Å². The Balaban J connectivity index is 1.84. The van der Waals surface area contributed by atoms with Crippen LogP contribution < -0.4 is 20.7 Å². The van der Waals surface area contributed by atoms with Gasteiger partial charge in [-0.05, 0) is 38.0 Å². The molecule has 0 radical (unpaired) electrons. The fourth-order valence-electron chi connectivity index (χ4n) is 4.70. The summed E-state index contributed by atoms with van der Waals surface area (Å²) in [5.74, 6) is 1.18. The highest BCUT2D eigenvalue weighted by atomic mass is 31.2. The van der Waals surface area contributed by atoms with Crippen LogP contribution in [0.3, 0.4) is 0 Å². The first kappa shape index (κ1) is 26.8. The zero-order chi connectivity index (χ0) is 27.1. The standard InChI is InChI=1S/C24H27F3N5O4P/c1-13-17(9-16(32(33)34)10-19(13)24(25,26)27)14(2)29-23-18-11-22(37(35)7-5-28-6-8-37)21(36-4)12-20(18)30-15(3)31-23/h9-12,14,28H,5-8H2,1-4H3,(H,29,30,31)/t14-/m1/s1. The van der Waals surface area contributed by atoms with Gasteiger partial charge in [-0.3, -0.25) is 10.1 Å². The first-order chi connectivity index (χ1) is 17.3. The summed E-state index contributed by atoms with van der Waals surface area (Å²) in [4.78, 5) is 19.5. The zero-order valence-corrected chi connectivity index (χ0v) is 21.7. The number of benzene rings is 2. The number of alkyl halides is 3. The Morgan fingerprint density at radius 3 is 2.43 bits per heavy atom. The van der Waals surface area contributed by atoms with Crippen LogP contribution in [0.15, 0.2) is 24.3 Å². The average molecular weight is 537 g/mol. The number of fused-ring (bicyclic) bond motifs is 1. The molecule has 198 valence electrons. The summed E-state index contributed by atoms with van der Waals surface area (Å²) < 4.78 is 60.3. The molecule has 3 aromatic rings. The lowest BCUT2D eigenvalue weighted by Crippen LogP contribution is -2.32. The lowest BCUT2D eigenvalue weighted by molar-refractivity contribution is -0.385. The molecule has 37 heavy (non-hydrogen) atoms. The number of halogens is 3. The van der Waals surface area contributed by atoms with E-state index < -0.39 is 35.5 Å². The van der Waals surface area contributed by atoms with E-state index >= 15 is 0 Å². The van der Waals surface area contributed by atoms with Crippen molar-refractivity contribution in [2.75, 3.05) is 37.8 Å². The van der Waals surface area contributed by atoms with Crippen molar-refractivity contribution < 1.29 is 27.4 Å². The maximum atomic E-state index is 13.8. The van der Waals surface area contributed by atoms with E-state index in [2.05, 4.69) is 20.6 Å². The zero-order valence-electron chi connectivity index (χ0n) is 20.8. The fourth-order valence-corrected chi connectivity index (χ4v) is 7.37. The summed E-state index contributed by atoms with van der Waals surface area (Å²) >= 11 is 0. The minimum absolute atomic E-state index is 0.116. The summed E-state index contributed by atoms with van der Waals surface area (Å²) in [5.41, 5.74) is -1.21. The van der Waals surface area contributed by atoms with E-state index in [1.807, 2.05) is 0 Å². The van der Waals surface area contributed by atoms with Gasteiger partial charge in [-0.15, -0.1) is 0 Å². The van der Waals surface area contributed by atoms with Crippen molar-refractivity contribution in [2.24, 2.45) is 0 Å². The fraction of sp³-hybridized carbons (Fsp3) is 0.417. The molecule has 0 saturated carbocycles. The lowest BCUT2D eigenvalue weighted by Gasteiger charge is -2.26. The van der Waals surface area contributed by atoms with Gasteiger partial charge in [-0.2, -0.15) is 13.2 Å². The molecular weight excluding hydrogens is 510 g/mol. The molecule has 9 nitrogen and oxygen atoms in total. The van der Waals surface area contributed by atoms with Crippen molar-refractivity contribution in [3.8, 4) is 5.75 Å². The highest BCUT2D eigenvalue weighted by Crippen LogP contribution is 2.48. The molecule has 13 heteroatoms. The number of aromatic nitrogens is 2. The van der Waals surface area contributed by atoms with Crippen LogP contribution in [0.5, 0.6) is 5.75 Å². The highest BCUT2D eigenvalue weighted by molar-refractivity contribution is 7.72. The third-order valence-corrected chi connectivity index (χ3v) is 9.73. The van der Waals surface area contributed by atoms with E-state index in [4.69, 9.17) is 4.74 Å². The third kappa shape index (κ3) is 5.26. The minimum Gasteiger partial charge on any atom is -0.496 e. The summed E-state index contributed by atoms with van der Waals surface area (Å²) in [6.07, 6.45) is -3.82. The first-order valence-electron chi connectivity index (χ1n) is 11.6. The number of aryl methyl sites for hydroxylation is 1. The molecule has 1 aliphatic heterocycles. The number of nitro groups is 1. The molecule has 2 aromatic carbocycles. The van der Waals surface area contributed by atoms with E-state index in [1.165, 1.54) is 14.0 Å². The van der Waals surface area contributed by atoms with Gasteiger partial charge in [0.15, 0.2) is 0 Å². The normalized spacial score (nSPS) is 16.4. The van der Waals surface area contributed by atoms with Crippen molar-refractivity contribution in [3.05, 3.63) is 56.9 Å². The Labute approximate surface area is 211 Å². The second-order valence-electron chi connectivity index (χ2n) is 9.08. The number of nitro benzene ring substituents is 1. The van der Waals surface area contributed by atoms with Crippen molar-refractivity contribution in [2.45, 2.75) is 33.0 Å². The molecule has 1 saturated heterocycles. The Hall–Kier alpha value is -3.24. The van der Waals surface area contributed by atoms with Gasteiger partial charge in [0, 0.05) is 49.0 Å². The van der Waals surface area contributed by atoms with E-state index in [0.717, 1.165) is 6.07 Å². The Bertz CT molecular complexity index is 1420. The van der Waals surface area contributed by atoms with Crippen LogP contribution in [0.2, 0.25) is 0 Å². The number of methoxy groups -OCH3 is 1. The minimum atomic E-state index is -4.75. The molecule has 0 spiro atoms. The van der Waals surface area contributed by atoms with Gasteiger partial charge in [-0.1, -0.05) is 0 Å². The monoisotopic (exact) mass is 537 g/mol. The second-order valence-corrected chi connectivity index (χ2v) is 12.2. The predicted octanol–water partition coefficient (Wildman–Crippen LogP) is 4.95. The molecular formula is C24H27F3N5O4P. The molecule has 2 N–H and O–H groups in total. The number of anilines is 1. The largest absolute Gasteiger partial charge is 0.496 e. The van der Waals surface area contributed by atoms with Crippen molar-refractivity contribution in [1.29, 1.82) is 0 Å². The number of hydrogen-bond donors (Lipinski definition) is 2. The van der Waals surface area contributed by atoms with Crippen LogP contribution >= 0.6 is 7.14 Å². The van der Waals surface area contributed by atoms with Gasteiger partial charge in [0.25, 0.3) is 5.69 Å². The number of ether oxygens (including phenoxy) is 1. The van der Waals surface area contributed by atoms with E-state index in [0.29, 0.717) is 65.1 Å². The Kier molecular flexibility index (Phi) is 7.18. The third-order valence-electron chi connectivity index (χ3n) is 6.62. The predicted molar refractivity (Wildman–Crippen MR) is 136 cm³/mol. The average Bonchev–Trinajstić information content (AvgIpc) is 2.82. The SMILES string of the molecule is COc1cc2nc(C)nc(N[C@H](C)c3cc([N+](=O)[O-])cc(C(F)(F)F)c3C)c2cc1P1(=O)CCNCC1. The maximum Gasteiger partial charge on any atom is 0.416 e. The van der Waals surface area contributed by atoms with Gasteiger partial charge in [0.05, 0.1) is 34.5 Å². The lowest BCUT2D eigenvalue weighted by atomic mass is 9.96. The summed E-state index contributed by atoms with van der Waals surface area (Å²) in [6, 6.07) is 4.33. The molecule has 0 aliphatic carbocycles. The number of non-ortho nitro benzene ring substituents is 1. The van der Waals surface area contributed by atoms with Gasteiger partial charge in [0.2, 0.25) is 0 Å². The van der Waals surface area contributed by atoms with Crippen LogP contribution in [0.1, 0.15) is 35.5 Å². The van der Waals surface area contributed by atoms with E-state index in [1.54, 1.807) is 26.0 Å². The quantitative estimate of drug-likeness (QED) is 0.258. The van der Waals surface area contributed by atoms with E-state index in [9.17, 15) is 27.9 Å². The van der Waals surface area contributed by atoms with Crippen LogP contribution in [-0.2, 0) is 10.7 Å². The maximum absolute atomic E-state index is 13.8. The van der Waals surface area contributed by atoms with Gasteiger partial charge in [0.1, 0.15) is 24.5 Å². The second kappa shape index (κ2) is 9.90. The van der Waals surface area contributed by atoms with Crippen molar-refractivity contribution in [3.63, 3.8) is 0 Å². The van der Waals surface area contributed by atoms with Gasteiger partial charge in [-0.25, -0.2) is 9.97 Å². The van der Waals surface area contributed by atoms with Gasteiger partial charge < -0.3 is 19.9 Å². The molecule has 0 bridgehead atoms. The molecule has 0 unspecified atom stereocenters. The molecule has 1 atom stereocenters. The van der Waals surface area contributed by atoms with Crippen molar-refractivity contribution >= 4 is 34.9 Å². The summed E-state index contributed by atoms with van der Waals surface area (Å²) in [5, 5.41) is 18.8. The van der Waals surface area contributed by atoms with Gasteiger partial charge >= 0.3 is 6.18 Å². The Morgan fingerprint density at radius 1 is 1.16 bits per heavy atom. The highest BCUT2D eigenvalue weighted by Gasteiger charge is 2.36. The molecule has 1 aliphatic rings. The molecule has 0 amide bonds. The van der Waals surface area contributed by atoms with Crippen LogP contribution in [0.25, 0.3) is 10.9 Å². The number of rotatable bonds is 6. The number of hydrogen-bond acceptors (Lipinski definition) is 8. The molecule has 2 heterocycles. The smallest absolute Gasteiger partial charge is 0.416 e. The first-order valence-corrected chi connectivity index (χ1v) is 13.7.